The van der Waals surface area contributed by atoms with E-state index in [1.807, 2.05) is 12.1 Å². The molecule has 7 nitrogen and oxygen atoms in total. The Kier molecular flexibility index (Phi) is 5.68. The molecule has 0 saturated carbocycles. The van der Waals surface area contributed by atoms with Crippen molar-refractivity contribution in [2.24, 2.45) is 10.7 Å². The molecule has 0 bridgehead atoms. The molecule has 2 N–H and O–H groups in total. The number of aliphatic imine (C=N–C) groups is 1. The standard InChI is InChI=1S/C20H15F3N4O3S/c21-20(22,23)18-26-17(27-30-18)15(11-6-2-1-3-7-11)16-13(29-19(24)28)10-31-14-9-5-4-8-12(14)25-16/h1-9,13,15H,10H2,(H2,24,28). The van der Waals surface area contributed by atoms with Crippen LogP contribution in [0.5, 0.6) is 0 Å². The predicted molar refractivity (Wildman–Crippen MR) is 106 cm³/mol. The Morgan fingerprint density at radius 2 is 1.87 bits per heavy atom. The molecule has 1 aliphatic heterocycles. The van der Waals surface area contributed by atoms with Crippen LogP contribution < -0.4 is 5.73 Å². The maximum atomic E-state index is 13.1. The van der Waals surface area contributed by atoms with Gasteiger partial charge in [-0.3, -0.25) is 4.99 Å². The highest BCUT2D eigenvalue weighted by molar-refractivity contribution is 7.99. The minimum Gasteiger partial charge on any atom is -0.439 e. The Hall–Kier alpha value is -3.34. The lowest BCUT2D eigenvalue weighted by Crippen LogP contribution is -2.36. The average molecular weight is 448 g/mol. The van der Waals surface area contributed by atoms with Crippen LogP contribution in [0.15, 0.2) is 69.0 Å². The fourth-order valence-electron chi connectivity index (χ4n) is 3.18. The van der Waals surface area contributed by atoms with Crippen molar-refractivity contribution in [2.75, 3.05) is 5.75 Å². The number of hydrogen-bond donors (Lipinski definition) is 1. The van der Waals surface area contributed by atoms with E-state index in [1.54, 1.807) is 42.5 Å². The summed E-state index contributed by atoms with van der Waals surface area (Å²) < 4.78 is 49.1. The Labute approximate surface area is 178 Å². The van der Waals surface area contributed by atoms with Gasteiger partial charge < -0.3 is 15.0 Å². The van der Waals surface area contributed by atoms with Gasteiger partial charge in [0.25, 0.3) is 0 Å². The first-order valence-corrected chi connectivity index (χ1v) is 10.0. The fourth-order valence-corrected chi connectivity index (χ4v) is 4.19. The second-order valence-corrected chi connectivity index (χ2v) is 7.60. The summed E-state index contributed by atoms with van der Waals surface area (Å²) in [5.41, 5.74) is 6.64. The molecular formula is C20H15F3N4O3S. The van der Waals surface area contributed by atoms with Gasteiger partial charge in [0.1, 0.15) is 0 Å². The van der Waals surface area contributed by atoms with E-state index in [0.717, 1.165) is 4.90 Å². The zero-order valence-electron chi connectivity index (χ0n) is 15.7. The molecule has 1 amide bonds. The van der Waals surface area contributed by atoms with Gasteiger partial charge in [0, 0.05) is 10.6 Å². The van der Waals surface area contributed by atoms with Crippen LogP contribution in [0.4, 0.5) is 23.7 Å². The summed E-state index contributed by atoms with van der Waals surface area (Å²) in [6, 6.07) is 15.8. The van der Waals surface area contributed by atoms with Crippen LogP contribution in [0.25, 0.3) is 0 Å². The molecule has 1 aliphatic rings. The van der Waals surface area contributed by atoms with Crippen molar-refractivity contribution >= 4 is 29.3 Å². The highest BCUT2D eigenvalue weighted by Gasteiger charge is 2.41. The van der Waals surface area contributed by atoms with E-state index < -0.39 is 30.2 Å². The summed E-state index contributed by atoms with van der Waals surface area (Å²) in [4.78, 5) is 20.6. The highest BCUT2D eigenvalue weighted by Crippen LogP contribution is 2.38. The molecule has 1 aromatic heterocycles. The van der Waals surface area contributed by atoms with Crippen molar-refractivity contribution in [1.29, 1.82) is 0 Å². The van der Waals surface area contributed by atoms with Gasteiger partial charge in [-0.15, -0.1) is 11.8 Å². The van der Waals surface area contributed by atoms with Crippen LogP contribution in [0.3, 0.4) is 0 Å². The zero-order valence-corrected chi connectivity index (χ0v) is 16.6. The number of alkyl halides is 3. The lowest BCUT2D eigenvalue weighted by Gasteiger charge is -2.23. The number of carbonyl (C=O) groups excluding carboxylic acids is 1. The Morgan fingerprint density at radius 1 is 1.16 bits per heavy atom. The van der Waals surface area contributed by atoms with E-state index in [0.29, 0.717) is 11.3 Å². The molecule has 11 heteroatoms. The third kappa shape index (κ3) is 4.55. The van der Waals surface area contributed by atoms with Gasteiger partial charge in [-0.1, -0.05) is 47.6 Å². The Balaban J connectivity index is 1.89. The summed E-state index contributed by atoms with van der Waals surface area (Å²) in [6.45, 7) is 0. The fraction of sp³-hybridized carbons (Fsp3) is 0.200. The molecule has 160 valence electrons. The van der Waals surface area contributed by atoms with Crippen molar-refractivity contribution in [3.63, 3.8) is 0 Å². The van der Waals surface area contributed by atoms with Gasteiger partial charge in [-0.05, 0) is 17.7 Å². The van der Waals surface area contributed by atoms with Crippen molar-refractivity contribution in [3.8, 4) is 0 Å². The second-order valence-electron chi connectivity index (χ2n) is 6.54. The van der Waals surface area contributed by atoms with Crippen LogP contribution in [0.1, 0.15) is 23.2 Å². The minimum atomic E-state index is -4.80. The Bertz CT molecular complexity index is 1120. The predicted octanol–water partition coefficient (Wildman–Crippen LogP) is 4.56. The molecule has 0 aliphatic carbocycles. The van der Waals surface area contributed by atoms with Crippen molar-refractivity contribution in [2.45, 2.75) is 23.1 Å². The van der Waals surface area contributed by atoms with Crippen LogP contribution in [0, 0.1) is 0 Å². The van der Waals surface area contributed by atoms with Gasteiger partial charge in [-0.2, -0.15) is 18.2 Å². The van der Waals surface area contributed by atoms with E-state index in [-0.39, 0.29) is 17.3 Å². The summed E-state index contributed by atoms with van der Waals surface area (Å²) >= 11 is 1.39. The Morgan fingerprint density at radius 3 is 2.55 bits per heavy atom. The number of primary amides is 1. The lowest BCUT2D eigenvalue weighted by atomic mass is 9.90. The van der Waals surface area contributed by atoms with E-state index >= 15 is 0 Å². The number of amides is 1. The minimum absolute atomic E-state index is 0.247. The number of carbonyl (C=O) groups is 1. The van der Waals surface area contributed by atoms with Crippen molar-refractivity contribution in [1.82, 2.24) is 10.1 Å². The number of hydrogen-bond acceptors (Lipinski definition) is 7. The molecule has 0 radical (unpaired) electrons. The molecule has 0 fully saturated rings. The van der Waals surface area contributed by atoms with Crippen LogP contribution in [-0.4, -0.2) is 33.8 Å². The summed E-state index contributed by atoms with van der Waals surface area (Å²) in [5, 5.41) is 3.57. The number of para-hydroxylation sites is 1. The van der Waals surface area contributed by atoms with Gasteiger partial charge in [0.15, 0.2) is 11.9 Å². The average Bonchev–Trinajstić information content (AvgIpc) is 3.15. The second kappa shape index (κ2) is 8.42. The van der Waals surface area contributed by atoms with Gasteiger partial charge in [-0.25, -0.2) is 4.79 Å². The van der Waals surface area contributed by atoms with Crippen LogP contribution >= 0.6 is 11.8 Å². The van der Waals surface area contributed by atoms with Gasteiger partial charge in [0.05, 0.1) is 17.3 Å². The number of aromatic nitrogens is 2. The maximum Gasteiger partial charge on any atom is 0.471 e. The first-order valence-electron chi connectivity index (χ1n) is 9.05. The number of ether oxygens (including phenoxy) is 1. The molecule has 0 saturated heterocycles. The number of rotatable bonds is 4. The topological polar surface area (TPSA) is 104 Å². The number of thioether (sulfide) groups is 1. The van der Waals surface area contributed by atoms with Crippen LogP contribution in [0.2, 0.25) is 0 Å². The lowest BCUT2D eigenvalue weighted by molar-refractivity contribution is -0.159. The largest absolute Gasteiger partial charge is 0.471 e. The first kappa shape index (κ1) is 20.9. The van der Waals surface area contributed by atoms with Crippen LogP contribution in [-0.2, 0) is 10.9 Å². The smallest absolute Gasteiger partial charge is 0.439 e. The molecule has 4 rings (SSSR count). The number of halogens is 3. The number of nitrogens with two attached hydrogens (primary N) is 1. The van der Waals surface area contributed by atoms with Gasteiger partial charge >= 0.3 is 18.2 Å². The molecule has 31 heavy (non-hydrogen) atoms. The molecule has 2 heterocycles. The number of fused-ring (bicyclic) bond motifs is 1. The third-order valence-electron chi connectivity index (χ3n) is 4.46. The maximum absolute atomic E-state index is 13.1. The third-order valence-corrected chi connectivity index (χ3v) is 5.59. The summed E-state index contributed by atoms with van der Waals surface area (Å²) in [5.74, 6) is -2.43. The van der Waals surface area contributed by atoms with E-state index in [2.05, 4.69) is 19.7 Å². The SMILES string of the molecule is NC(=O)OC1CSc2ccccc2N=C1C(c1ccccc1)c1noc(C(F)(F)F)n1. The monoisotopic (exact) mass is 448 g/mol. The molecule has 2 unspecified atom stereocenters. The zero-order chi connectivity index (χ0) is 22.0. The van der Waals surface area contributed by atoms with E-state index in [9.17, 15) is 18.0 Å². The normalized spacial score (nSPS) is 17.3. The quantitative estimate of drug-likeness (QED) is 0.628. The van der Waals surface area contributed by atoms with E-state index in [1.165, 1.54) is 11.8 Å². The molecule has 0 spiro atoms. The van der Waals surface area contributed by atoms with Crippen molar-refractivity contribution in [3.05, 3.63) is 71.9 Å². The molecule has 3 aromatic rings. The summed E-state index contributed by atoms with van der Waals surface area (Å²) in [6.07, 6.45) is -6.75. The highest BCUT2D eigenvalue weighted by atomic mass is 32.2. The van der Waals surface area contributed by atoms with Crippen molar-refractivity contribution < 1.29 is 27.2 Å². The molecule has 2 aromatic carbocycles. The number of nitrogens with zero attached hydrogens (tertiary/aromatic N) is 3. The van der Waals surface area contributed by atoms with E-state index in [4.69, 9.17) is 10.5 Å². The first-order chi connectivity index (χ1) is 14.8. The van der Waals surface area contributed by atoms with Gasteiger partial charge in [0.2, 0.25) is 0 Å². The number of benzene rings is 2. The summed E-state index contributed by atoms with van der Waals surface area (Å²) in [7, 11) is 0. The molecule has 2 atom stereocenters. The molecular weight excluding hydrogens is 433 g/mol.